The maximum atomic E-state index is 12.5. The molecule has 0 aromatic heterocycles. The molecule has 64 valence electrons. The van der Waals surface area contributed by atoms with Gasteiger partial charge >= 0.3 is 0 Å². The highest BCUT2D eigenvalue weighted by Crippen LogP contribution is 2.32. The molecule has 0 spiro atoms. The molecule has 0 aromatic carbocycles. The van der Waals surface area contributed by atoms with E-state index in [0.29, 0.717) is 0 Å². The van der Waals surface area contributed by atoms with Gasteiger partial charge in [-0.1, -0.05) is 0 Å². The maximum absolute atomic E-state index is 12.5. The summed E-state index contributed by atoms with van der Waals surface area (Å²) in [6.07, 6.45) is 0.739. The zero-order valence-electron chi connectivity index (χ0n) is 6.15. The summed E-state index contributed by atoms with van der Waals surface area (Å²) in [6.45, 7) is 0. The van der Waals surface area contributed by atoms with E-state index in [-0.39, 0.29) is 12.8 Å². The average Bonchev–Trinajstić information content (AvgIpc) is 2.01. The van der Waals surface area contributed by atoms with Gasteiger partial charge in [-0.25, -0.2) is 13.2 Å². The summed E-state index contributed by atoms with van der Waals surface area (Å²) in [6, 6.07) is 1.77. The van der Waals surface area contributed by atoms with Crippen LogP contribution in [0.5, 0.6) is 0 Å². The monoisotopic (exact) mass is 173 g/mol. The van der Waals surface area contributed by atoms with Gasteiger partial charge < -0.3 is 0 Å². The number of hydrogen-bond donors (Lipinski definition) is 0. The zero-order chi connectivity index (χ0) is 9.14. The van der Waals surface area contributed by atoms with E-state index in [2.05, 4.69) is 0 Å². The molecule has 0 radical (unpaired) electrons. The van der Waals surface area contributed by atoms with Crippen molar-refractivity contribution < 1.29 is 13.2 Å². The molecule has 12 heavy (non-hydrogen) atoms. The van der Waals surface area contributed by atoms with E-state index in [0.717, 1.165) is 6.08 Å². The molecule has 1 atom stereocenters. The van der Waals surface area contributed by atoms with Crippen molar-refractivity contribution in [1.82, 2.24) is 0 Å². The van der Waals surface area contributed by atoms with Crippen molar-refractivity contribution >= 4 is 0 Å². The third kappa shape index (κ3) is 1.67. The summed E-state index contributed by atoms with van der Waals surface area (Å²) in [5.41, 5.74) is 0. The predicted octanol–water partition coefficient (Wildman–Crippen LogP) is 2.92. The Labute approximate surface area is 67.8 Å². The molecular weight excluding hydrogens is 167 g/mol. The van der Waals surface area contributed by atoms with Gasteiger partial charge in [-0.3, -0.25) is 0 Å². The lowest BCUT2D eigenvalue weighted by atomic mass is 9.96. The molecule has 0 heterocycles. The van der Waals surface area contributed by atoms with E-state index in [4.69, 9.17) is 5.26 Å². The van der Waals surface area contributed by atoms with E-state index in [1.54, 1.807) is 6.07 Å². The van der Waals surface area contributed by atoms with Crippen LogP contribution in [0.25, 0.3) is 0 Å². The number of halogens is 3. The summed E-state index contributed by atoms with van der Waals surface area (Å²) in [5.74, 6) is -4.26. The Morgan fingerprint density at radius 3 is 2.67 bits per heavy atom. The quantitative estimate of drug-likeness (QED) is 0.598. The summed E-state index contributed by atoms with van der Waals surface area (Å²) < 4.78 is 37.4. The van der Waals surface area contributed by atoms with Gasteiger partial charge in [0.05, 0.1) is 6.07 Å². The van der Waals surface area contributed by atoms with Crippen LogP contribution in [-0.4, -0.2) is 0 Å². The zero-order valence-corrected chi connectivity index (χ0v) is 6.15. The fraction of sp³-hybridized carbons (Fsp3) is 0.375. The van der Waals surface area contributed by atoms with Gasteiger partial charge in [0.15, 0.2) is 11.7 Å². The maximum Gasteiger partial charge on any atom is 0.189 e. The normalized spacial score (nSPS) is 23.5. The lowest BCUT2D eigenvalue weighted by Crippen LogP contribution is -2.03. The van der Waals surface area contributed by atoms with Crippen molar-refractivity contribution in [2.75, 3.05) is 0 Å². The van der Waals surface area contributed by atoms with Gasteiger partial charge in [0.2, 0.25) is 0 Å². The van der Waals surface area contributed by atoms with Crippen LogP contribution in [-0.2, 0) is 0 Å². The van der Waals surface area contributed by atoms with E-state index < -0.39 is 23.4 Å². The molecule has 1 aliphatic rings. The SMILES string of the molecule is N#CCC1C=C(F)C(F)=C(F)C1. The third-order valence-corrected chi connectivity index (χ3v) is 1.62. The standard InChI is InChI=1S/C8H6F3N/c9-6-3-5(1-2-12)4-7(10)8(6)11/h3,5H,1,4H2. The Bertz CT molecular complexity index is 285. The fourth-order valence-electron chi connectivity index (χ4n) is 1.04. The molecule has 1 unspecified atom stereocenters. The van der Waals surface area contributed by atoms with Crippen LogP contribution in [0.1, 0.15) is 12.8 Å². The second kappa shape index (κ2) is 3.44. The second-order valence-corrected chi connectivity index (χ2v) is 2.56. The molecule has 0 aliphatic heterocycles. The van der Waals surface area contributed by atoms with Gasteiger partial charge in [0.1, 0.15) is 5.83 Å². The van der Waals surface area contributed by atoms with Crippen LogP contribution < -0.4 is 0 Å². The summed E-state index contributed by atoms with van der Waals surface area (Å²) in [4.78, 5) is 0. The lowest BCUT2D eigenvalue weighted by Gasteiger charge is -2.12. The number of nitrogens with zero attached hydrogens (tertiary/aromatic N) is 1. The molecule has 1 nitrogen and oxygen atoms in total. The van der Waals surface area contributed by atoms with E-state index >= 15 is 0 Å². The highest BCUT2D eigenvalue weighted by molar-refractivity contribution is 5.27. The molecule has 0 amide bonds. The Balaban J connectivity index is 2.79. The minimum absolute atomic E-state index is 0.00806. The first kappa shape index (κ1) is 8.85. The van der Waals surface area contributed by atoms with Gasteiger partial charge in [-0.2, -0.15) is 5.26 Å². The van der Waals surface area contributed by atoms with Crippen molar-refractivity contribution in [2.45, 2.75) is 12.8 Å². The van der Waals surface area contributed by atoms with Crippen LogP contribution in [0.15, 0.2) is 23.6 Å². The predicted molar refractivity (Wildman–Crippen MR) is 36.8 cm³/mol. The van der Waals surface area contributed by atoms with E-state index in [1.165, 1.54) is 0 Å². The highest BCUT2D eigenvalue weighted by atomic mass is 19.2. The minimum atomic E-state index is -1.43. The average molecular weight is 173 g/mol. The molecule has 0 saturated heterocycles. The molecular formula is C8H6F3N. The van der Waals surface area contributed by atoms with Crippen LogP contribution in [0.2, 0.25) is 0 Å². The number of hydrogen-bond acceptors (Lipinski definition) is 1. The number of rotatable bonds is 1. The molecule has 0 N–H and O–H groups in total. The van der Waals surface area contributed by atoms with Crippen LogP contribution >= 0.6 is 0 Å². The van der Waals surface area contributed by atoms with Gasteiger partial charge in [-0.15, -0.1) is 0 Å². The first-order valence-electron chi connectivity index (χ1n) is 3.44. The van der Waals surface area contributed by atoms with Crippen LogP contribution in [0.3, 0.4) is 0 Å². The molecule has 1 rings (SSSR count). The fourth-order valence-corrected chi connectivity index (χ4v) is 1.04. The largest absolute Gasteiger partial charge is 0.208 e. The molecule has 0 fully saturated rings. The second-order valence-electron chi connectivity index (χ2n) is 2.56. The minimum Gasteiger partial charge on any atom is -0.208 e. The summed E-state index contributed by atoms with van der Waals surface area (Å²) in [5, 5.41) is 8.22. The van der Waals surface area contributed by atoms with E-state index in [9.17, 15) is 13.2 Å². The van der Waals surface area contributed by atoms with Crippen molar-refractivity contribution in [2.24, 2.45) is 5.92 Å². The number of allylic oxidation sites excluding steroid dienone is 4. The number of nitriles is 1. The van der Waals surface area contributed by atoms with Crippen molar-refractivity contribution in [3.63, 3.8) is 0 Å². The molecule has 1 aliphatic carbocycles. The Morgan fingerprint density at radius 2 is 2.17 bits per heavy atom. The third-order valence-electron chi connectivity index (χ3n) is 1.62. The lowest BCUT2D eigenvalue weighted by molar-refractivity contribution is 0.425. The summed E-state index contributed by atoms with van der Waals surface area (Å²) in [7, 11) is 0. The smallest absolute Gasteiger partial charge is 0.189 e. The van der Waals surface area contributed by atoms with Gasteiger partial charge in [-0.05, 0) is 12.0 Å². The first-order chi connectivity index (χ1) is 5.65. The van der Waals surface area contributed by atoms with Crippen LogP contribution in [0.4, 0.5) is 13.2 Å². The van der Waals surface area contributed by atoms with Crippen molar-refractivity contribution in [1.29, 1.82) is 5.26 Å². The Hall–Kier alpha value is -1.24. The molecule has 0 bridgehead atoms. The summed E-state index contributed by atoms with van der Waals surface area (Å²) >= 11 is 0. The Kier molecular flexibility index (Phi) is 2.54. The van der Waals surface area contributed by atoms with Gasteiger partial charge in [0.25, 0.3) is 0 Å². The van der Waals surface area contributed by atoms with Crippen LogP contribution in [0, 0.1) is 17.2 Å². The Morgan fingerprint density at radius 1 is 1.50 bits per heavy atom. The van der Waals surface area contributed by atoms with E-state index in [1.807, 2.05) is 0 Å². The molecule has 0 aromatic rings. The first-order valence-corrected chi connectivity index (χ1v) is 3.44. The van der Waals surface area contributed by atoms with Gasteiger partial charge in [0, 0.05) is 12.8 Å². The van der Waals surface area contributed by atoms with Crippen molar-refractivity contribution in [3.05, 3.63) is 23.6 Å². The van der Waals surface area contributed by atoms with Crippen molar-refractivity contribution in [3.8, 4) is 6.07 Å². The molecule has 4 heteroatoms. The topological polar surface area (TPSA) is 23.8 Å². The molecule has 0 saturated carbocycles. The highest BCUT2D eigenvalue weighted by Gasteiger charge is 2.22.